The van der Waals surface area contributed by atoms with Crippen molar-refractivity contribution in [2.24, 2.45) is 0 Å². The molecular weight excluding hydrogens is 280 g/mol. The van der Waals surface area contributed by atoms with Crippen LogP contribution < -0.4 is 5.32 Å². The molecule has 0 unspecified atom stereocenters. The quantitative estimate of drug-likeness (QED) is 0.768. The van der Waals surface area contributed by atoms with Gasteiger partial charge in [-0.3, -0.25) is 4.79 Å². The molecule has 1 aromatic heterocycles. The van der Waals surface area contributed by atoms with Gasteiger partial charge >= 0.3 is 0 Å². The van der Waals surface area contributed by atoms with Gasteiger partial charge in [-0.05, 0) is 24.3 Å². The van der Waals surface area contributed by atoms with Crippen LogP contribution in [0.1, 0.15) is 10.4 Å². The lowest BCUT2D eigenvalue weighted by molar-refractivity contribution is 0.102. The maximum atomic E-state index is 12.1. The number of hydrogen-bond donors (Lipinski definition) is 1. The summed E-state index contributed by atoms with van der Waals surface area (Å²) in [6.45, 7) is 0. The van der Waals surface area contributed by atoms with Crippen molar-refractivity contribution in [3.05, 3.63) is 58.6 Å². The number of amides is 1. The molecule has 0 atom stereocenters. The van der Waals surface area contributed by atoms with Crippen LogP contribution in [0.25, 0.3) is 10.2 Å². The molecular formula is C14H9ClN2OS. The number of anilines is 1. The lowest BCUT2D eigenvalue weighted by atomic mass is 10.2. The lowest BCUT2D eigenvalue weighted by Crippen LogP contribution is -2.12. The highest BCUT2D eigenvalue weighted by molar-refractivity contribution is 7.16. The number of carbonyl (C=O) groups excluding carboxylic acids is 1. The number of aromatic nitrogens is 1. The van der Waals surface area contributed by atoms with Crippen LogP contribution in [0.5, 0.6) is 0 Å². The van der Waals surface area contributed by atoms with Gasteiger partial charge < -0.3 is 5.32 Å². The number of rotatable bonds is 2. The van der Waals surface area contributed by atoms with E-state index in [0.29, 0.717) is 16.3 Å². The molecule has 3 aromatic rings. The van der Waals surface area contributed by atoms with Crippen molar-refractivity contribution in [3.63, 3.8) is 0 Å². The van der Waals surface area contributed by atoms with E-state index in [4.69, 9.17) is 11.6 Å². The standard InChI is InChI=1S/C14H9ClN2OS/c15-10-6-7-11-13(16-8-19-11)12(10)17-14(18)9-4-2-1-3-5-9/h1-8H,(H,17,18). The summed E-state index contributed by atoms with van der Waals surface area (Å²) in [7, 11) is 0. The van der Waals surface area contributed by atoms with E-state index in [1.807, 2.05) is 24.3 Å². The minimum atomic E-state index is -0.192. The first-order chi connectivity index (χ1) is 9.25. The van der Waals surface area contributed by atoms with Gasteiger partial charge in [-0.15, -0.1) is 11.3 Å². The molecule has 1 amide bonds. The number of carbonyl (C=O) groups is 1. The third-order valence-corrected chi connectivity index (χ3v) is 3.84. The maximum Gasteiger partial charge on any atom is 0.255 e. The SMILES string of the molecule is O=C(Nc1c(Cl)ccc2scnc12)c1ccccc1. The Balaban J connectivity index is 2.00. The Morgan fingerprint density at radius 1 is 1.16 bits per heavy atom. The summed E-state index contributed by atoms with van der Waals surface area (Å²) >= 11 is 7.65. The van der Waals surface area contributed by atoms with Gasteiger partial charge in [0.15, 0.2) is 0 Å². The van der Waals surface area contributed by atoms with Gasteiger partial charge in [0.05, 0.1) is 20.9 Å². The van der Waals surface area contributed by atoms with Crippen LogP contribution in [0.4, 0.5) is 5.69 Å². The van der Waals surface area contributed by atoms with Crippen molar-refractivity contribution in [1.29, 1.82) is 0 Å². The molecule has 5 heteroatoms. The minimum absolute atomic E-state index is 0.192. The molecule has 1 N–H and O–H groups in total. The summed E-state index contributed by atoms with van der Waals surface area (Å²) in [6.07, 6.45) is 0. The summed E-state index contributed by atoms with van der Waals surface area (Å²) in [6, 6.07) is 12.7. The van der Waals surface area contributed by atoms with Crippen molar-refractivity contribution in [2.45, 2.75) is 0 Å². The average Bonchev–Trinajstić information content (AvgIpc) is 2.91. The Bertz CT molecular complexity index is 740. The number of thiazole rings is 1. The Morgan fingerprint density at radius 2 is 1.95 bits per heavy atom. The fourth-order valence-electron chi connectivity index (χ4n) is 1.80. The molecule has 0 aliphatic rings. The normalized spacial score (nSPS) is 10.6. The number of hydrogen-bond acceptors (Lipinski definition) is 3. The first kappa shape index (κ1) is 12.1. The largest absolute Gasteiger partial charge is 0.319 e. The van der Waals surface area contributed by atoms with E-state index in [2.05, 4.69) is 10.3 Å². The third kappa shape index (κ3) is 2.32. The molecule has 3 nitrogen and oxygen atoms in total. The second kappa shape index (κ2) is 4.99. The molecule has 0 bridgehead atoms. The van der Waals surface area contributed by atoms with E-state index in [-0.39, 0.29) is 5.91 Å². The number of benzene rings is 2. The smallest absolute Gasteiger partial charge is 0.255 e. The number of nitrogens with zero attached hydrogens (tertiary/aromatic N) is 1. The third-order valence-electron chi connectivity index (χ3n) is 2.73. The summed E-state index contributed by atoms with van der Waals surface area (Å²) < 4.78 is 0.993. The summed E-state index contributed by atoms with van der Waals surface area (Å²) in [5.41, 5.74) is 3.61. The van der Waals surface area contributed by atoms with Gasteiger partial charge in [-0.25, -0.2) is 4.98 Å². The molecule has 3 rings (SSSR count). The van der Waals surface area contributed by atoms with Gasteiger partial charge in [0.25, 0.3) is 5.91 Å². The zero-order valence-corrected chi connectivity index (χ0v) is 11.3. The van der Waals surface area contributed by atoms with Gasteiger partial charge in [-0.1, -0.05) is 29.8 Å². The zero-order valence-electron chi connectivity index (χ0n) is 9.76. The van der Waals surface area contributed by atoms with Crippen molar-refractivity contribution in [2.75, 3.05) is 5.32 Å². The fourth-order valence-corrected chi connectivity index (χ4v) is 2.69. The van der Waals surface area contributed by atoms with E-state index in [1.165, 1.54) is 11.3 Å². The topological polar surface area (TPSA) is 42.0 Å². The first-order valence-corrected chi connectivity index (χ1v) is 6.89. The second-order valence-electron chi connectivity index (χ2n) is 3.94. The van der Waals surface area contributed by atoms with Crippen LogP contribution in [0.3, 0.4) is 0 Å². The highest BCUT2D eigenvalue weighted by Crippen LogP contribution is 2.32. The highest BCUT2D eigenvalue weighted by atomic mass is 35.5. The van der Waals surface area contributed by atoms with E-state index >= 15 is 0 Å². The van der Waals surface area contributed by atoms with Crippen LogP contribution in [0, 0.1) is 0 Å². The predicted octanol–water partition coefficient (Wildman–Crippen LogP) is 4.20. The van der Waals surface area contributed by atoms with Crippen LogP contribution in [-0.4, -0.2) is 10.9 Å². The monoisotopic (exact) mass is 288 g/mol. The van der Waals surface area contributed by atoms with Gasteiger partial charge in [0.1, 0.15) is 5.52 Å². The fraction of sp³-hybridized carbons (Fsp3) is 0. The number of halogens is 1. The molecule has 0 radical (unpaired) electrons. The van der Waals surface area contributed by atoms with Crippen molar-refractivity contribution in [1.82, 2.24) is 4.98 Å². The number of nitrogens with one attached hydrogen (secondary N) is 1. The molecule has 0 saturated heterocycles. The van der Waals surface area contributed by atoms with E-state index in [1.54, 1.807) is 23.7 Å². The van der Waals surface area contributed by atoms with Crippen LogP contribution in [0.15, 0.2) is 48.0 Å². The second-order valence-corrected chi connectivity index (χ2v) is 5.24. The van der Waals surface area contributed by atoms with E-state index < -0.39 is 0 Å². The highest BCUT2D eigenvalue weighted by Gasteiger charge is 2.12. The lowest BCUT2D eigenvalue weighted by Gasteiger charge is -2.07. The zero-order chi connectivity index (χ0) is 13.2. The molecule has 0 aliphatic carbocycles. The van der Waals surface area contributed by atoms with Gasteiger partial charge in [0, 0.05) is 5.56 Å². The van der Waals surface area contributed by atoms with Gasteiger partial charge in [0.2, 0.25) is 0 Å². The van der Waals surface area contributed by atoms with Crippen LogP contribution in [-0.2, 0) is 0 Å². The predicted molar refractivity (Wildman–Crippen MR) is 79.0 cm³/mol. The van der Waals surface area contributed by atoms with E-state index in [9.17, 15) is 4.79 Å². The summed E-state index contributed by atoms with van der Waals surface area (Å²) in [5.74, 6) is -0.192. The van der Waals surface area contributed by atoms with Crippen LogP contribution >= 0.6 is 22.9 Å². The van der Waals surface area contributed by atoms with Crippen LogP contribution in [0.2, 0.25) is 5.02 Å². The molecule has 0 aliphatic heterocycles. The Morgan fingerprint density at radius 3 is 2.74 bits per heavy atom. The molecule has 2 aromatic carbocycles. The Labute approximate surface area is 118 Å². The maximum absolute atomic E-state index is 12.1. The molecule has 0 saturated carbocycles. The van der Waals surface area contributed by atoms with Gasteiger partial charge in [-0.2, -0.15) is 0 Å². The molecule has 0 fully saturated rings. The van der Waals surface area contributed by atoms with Crippen molar-refractivity contribution < 1.29 is 4.79 Å². The number of fused-ring (bicyclic) bond motifs is 1. The molecule has 1 heterocycles. The summed E-state index contributed by atoms with van der Waals surface area (Å²) in [4.78, 5) is 16.4. The minimum Gasteiger partial charge on any atom is -0.319 e. The molecule has 19 heavy (non-hydrogen) atoms. The van der Waals surface area contributed by atoms with Crippen molar-refractivity contribution in [3.8, 4) is 0 Å². The molecule has 0 spiro atoms. The van der Waals surface area contributed by atoms with Crippen molar-refractivity contribution >= 4 is 44.7 Å². The van der Waals surface area contributed by atoms with E-state index in [0.717, 1.165) is 10.2 Å². The molecule has 94 valence electrons. The average molecular weight is 289 g/mol. The Kier molecular flexibility index (Phi) is 3.19. The Hall–Kier alpha value is -1.91. The first-order valence-electron chi connectivity index (χ1n) is 5.64. The summed E-state index contributed by atoms with van der Waals surface area (Å²) in [5, 5.41) is 3.32.